The molecule has 7 heteroatoms. The average molecular weight is 296 g/mol. The molecule has 0 bridgehead atoms. The van der Waals surface area contributed by atoms with Crippen LogP contribution in [0, 0.1) is 0 Å². The summed E-state index contributed by atoms with van der Waals surface area (Å²) in [6, 6.07) is 0. The van der Waals surface area contributed by atoms with E-state index in [1.54, 1.807) is 13.8 Å². The van der Waals surface area contributed by atoms with Crippen LogP contribution in [0.25, 0.3) is 0 Å². The number of ether oxygens (including phenoxy) is 1. The van der Waals surface area contributed by atoms with Crippen LogP contribution in [0.5, 0.6) is 0 Å². The molecule has 5 nitrogen and oxygen atoms in total. The zero-order valence-corrected chi connectivity index (χ0v) is 12.0. The number of rotatable bonds is 3. The SMILES string of the molecule is CC(C)OC(=O)C(C(=O)n1ccnc1)=C1SC=CS1. The first-order valence-corrected chi connectivity index (χ1v) is 7.31. The van der Waals surface area contributed by atoms with Gasteiger partial charge in [-0.1, -0.05) is 23.5 Å². The first-order valence-electron chi connectivity index (χ1n) is 5.56. The molecule has 0 unspecified atom stereocenters. The van der Waals surface area contributed by atoms with Crippen LogP contribution in [0.4, 0.5) is 0 Å². The highest BCUT2D eigenvalue weighted by Gasteiger charge is 2.28. The predicted octanol–water partition coefficient (Wildman–Crippen LogP) is 2.64. The quantitative estimate of drug-likeness (QED) is 0.370. The zero-order valence-electron chi connectivity index (χ0n) is 10.4. The summed E-state index contributed by atoms with van der Waals surface area (Å²) in [5.41, 5.74) is 0.0479. The minimum atomic E-state index is -0.604. The molecule has 0 saturated carbocycles. The van der Waals surface area contributed by atoms with Crippen molar-refractivity contribution in [2.75, 3.05) is 0 Å². The molecule has 0 aliphatic carbocycles. The molecule has 100 valence electrons. The van der Waals surface area contributed by atoms with Gasteiger partial charge in [-0.25, -0.2) is 9.78 Å². The van der Waals surface area contributed by atoms with Gasteiger partial charge in [0.1, 0.15) is 11.9 Å². The second-order valence-electron chi connectivity index (χ2n) is 3.90. The molecule has 0 N–H and O–H groups in total. The molecule has 2 heterocycles. The molecule has 0 aromatic carbocycles. The normalized spacial score (nSPS) is 13.9. The molecular weight excluding hydrogens is 284 g/mol. The Labute approximate surface area is 119 Å². The molecule has 0 saturated heterocycles. The smallest absolute Gasteiger partial charge is 0.345 e. The second kappa shape index (κ2) is 6.12. The lowest BCUT2D eigenvalue weighted by atomic mass is 10.3. The molecule has 0 atom stereocenters. The summed E-state index contributed by atoms with van der Waals surface area (Å²) in [4.78, 5) is 28.2. The lowest BCUT2D eigenvalue weighted by Crippen LogP contribution is -2.23. The Kier molecular flexibility index (Phi) is 4.49. The third-order valence-electron chi connectivity index (χ3n) is 2.11. The number of aromatic nitrogens is 2. The number of esters is 1. The van der Waals surface area contributed by atoms with Gasteiger partial charge in [0.2, 0.25) is 0 Å². The number of imidazole rings is 1. The monoisotopic (exact) mass is 296 g/mol. The summed E-state index contributed by atoms with van der Waals surface area (Å²) in [5, 5.41) is 3.65. The number of hydrogen-bond acceptors (Lipinski definition) is 6. The number of thioether (sulfide) groups is 2. The van der Waals surface area contributed by atoms with Crippen molar-refractivity contribution >= 4 is 35.4 Å². The van der Waals surface area contributed by atoms with E-state index in [0.29, 0.717) is 4.24 Å². The van der Waals surface area contributed by atoms with Crippen LogP contribution in [-0.2, 0) is 9.53 Å². The van der Waals surface area contributed by atoms with E-state index in [0.717, 1.165) is 0 Å². The molecule has 0 fully saturated rings. The van der Waals surface area contributed by atoms with Crippen LogP contribution < -0.4 is 0 Å². The van der Waals surface area contributed by atoms with Crippen molar-refractivity contribution in [3.05, 3.63) is 39.3 Å². The molecule has 1 aromatic heterocycles. The highest BCUT2D eigenvalue weighted by molar-refractivity contribution is 8.27. The van der Waals surface area contributed by atoms with Gasteiger partial charge in [0, 0.05) is 12.4 Å². The fourth-order valence-electron chi connectivity index (χ4n) is 1.36. The first-order chi connectivity index (χ1) is 9.09. The molecule has 0 spiro atoms. The molecular formula is C12H12N2O3S2. The molecule has 1 aliphatic rings. The second-order valence-corrected chi connectivity index (χ2v) is 5.99. The van der Waals surface area contributed by atoms with Crippen molar-refractivity contribution < 1.29 is 14.3 Å². The number of hydrogen-bond donors (Lipinski definition) is 0. The molecule has 19 heavy (non-hydrogen) atoms. The topological polar surface area (TPSA) is 61.2 Å². The van der Waals surface area contributed by atoms with Crippen LogP contribution in [-0.4, -0.2) is 27.5 Å². The third kappa shape index (κ3) is 3.30. The van der Waals surface area contributed by atoms with Crippen molar-refractivity contribution in [2.45, 2.75) is 20.0 Å². The maximum Gasteiger partial charge on any atom is 0.345 e. The average Bonchev–Trinajstić information content (AvgIpc) is 3.01. The van der Waals surface area contributed by atoms with E-state index in [1.807, 2.05) is 10.8 Å². The Balaban J connectivity index is 2.33. The fraction of sp³-hybridized carbons (Fsp3) is 0.250. The predicted molar refractivity (Wildman–Crippen MR) is 75.4 cm³/mol. The van der Waals surface area contributed by atoms with Crippen molar-refractivity contribution in [1.82, 2.24) is 9.55 Å². The van der Waals surface area contributed by atoms with Gasteiger partial charge in [0.15, 0.2) is 0 Å². The van der Waals surface area contributed by atoms with E-state index in [-0.39, 0.29) is 11.7 Å². The Morgan fingerprint density at radius 1 is 1.32 bits per heavy atom. The molecule has 0 amide bonds. The lowest BCUT2D eigenvalue weighted by Gasteiger charge is -2.12. The van der Waals surface area contributed by atoms with E-state index in [2.05, 4.69) is 4.98 Å². The van der Waals surface area contributed by atoms with Crippen molar-refractivity contribution in [1.29, 1.82) is 0 Å². The number of carbonyl (C=O) groups excluding carboxylic acids is 2. The van der Waals surface area contributed by atoms with Gasteiger partial charge in [-0.05, 0) is 24.7 Å². The van der Waals surface area contributed by atoms with Crippen molar-refractivity contribution in [3.63, 3.8) is 0 Å². The van der Waals surface area contributed by atoms with E-state index in [1.165, 1.54) is 46.8 Å². The molecule has 1 aromatic rings. The van der Waals surface area contributed by atoms with Crippen LogP contribution in [0.3, 0.4) is 0 Å². The van der Waals surface area contributed by atoms with Crippen LogP contribution in [0.2, 0.25) is 0 Å². The maximum absolute atomic E-state index is 12.3. The maximum atomic E-state index is 12.3. The third-order valence-corrected chi connectivity index (χ3v) is 4.24. The largest absolute Gasteiger partial charge is 0.459 e. The Bertz CT molecular complexity index is 537. The van der Waals surface area contributed by atoms with Gasteiger partial charge in [0.05, 0.1) is 10.3 Å². The molecule has 0 radical (unpaired) electrons. The molecule has 1 aliphatic heterocycles. The Morgan fingerprint density at radius 3 is 2.53 bits per heavy atom. The highest BCUT2D eigenvalue weighted by atomic mass is 32.2. The van der Waals surface area contributed by atoms with Gasteiger partial charge in [-0.15, -0.1) is 0 Å². The van der Waals surface area contributed by atoms with Crippen molar-refractivity contribution in [3.8, 4) is 0 Å². The lowest BCUT2D eigenvalue weighted by molar-refractivity contribution is -0.142. The number of carbonyl (C=O) groups is 2. The fourth-order valence-corrected chi connectivity index (χ4v) is 3.19. The van der Waals surface area contributed by atoms with Gasteiger partial charge >= 0.3 is 5.97 Å². The summed E-state index contributed by atoms with van der Waals surface area (Å²) in [7, 11) is 0. The van der Waals surface area contributed by atoms with E-state index >= 15 is 0 Å². The van der Waals surface area contributed by atoms with Crippen LogP contribution >= 0.6 is 23.5 Å². The number of nitrogens with zero attached hydrogens (tertiary/aromatic N) is 2. The summed E-state index contributed by atoms with van der Waals surface area (Å²) in [6.07, 6.45) is 4.08. The summed E-state index contributed by atoms with van der Waals surface area (Å²) in [5.74, 6) is -1.03. The summed E-state index contributed by atoms with van der Waals surface area (Å²) < 4.78 is 7.03. The van der Waals surface area contributed by atoms with Gasteiger partial charge < -0.3 is 4.74 Å². The summed E-state index contributed by atoms with van der Waals surface area (Å²) >= 11 is 2.68. The Hall–Kier alpha value is -1.47. The minimum absolute atomic E-state index is 0.0479. The Morgan fingerprint density at radius 2 is 2.00 bits per heavy atom. The standard InChI is InChI=1S/C12H12N2O3S2/c1-8(2)17-11(16)9(12-18-5-6-19-12)10(15)14-4-3-13-7-14/h3-8H,1-2H3. The van der Waals surface area contributed by atoms with Gasteiger partial charge in [0.25, 0.3) is 5.91 Å². The van der Waals surface area contributed by atoms with Crippen LogP contribution in [0.1, 0.15) is 18.6 Å². The van der Waals surface area contributed by atoms with Crippen molar-refractivity contribution in [2.24, 2.45) is 0 Å². The van der Waals surface area contributed by atoms with E-state index < -0.39 is 11.9 Å². The van der Waals surface area contributed by atoms with Gasteiger partial charge in [-0.3, -0.25) is 9.36 Å². The van der Waals surface area contributed by atoms with E-state index in [9.17, 15) is 9.59 Å². The minimum Gasteiger partial charge on any atom is -0.459 e. The van der Waals surface area contributed by atoms with E-state index in [4.69, 9.17) is 4.74 Å². The van der Waals surface area contributed by atoms with Gasteiger partial charge in [-0.2, -0.15) is 0 Å². The zero-order chi connectivity index (χ0) is 13.8. The van der Waals surface area contributed by atoms with Crippen LogP contribution in [0.15, 0.2) is 39.3 Å². The highest BCUT2D eigenvalue weighted by Crippen LogP contribution is 2.40. The summed E-state index contributed by atoms with van der Waals surface area (Å²) in [6.45, 7) is 3.49. The molecule has 2 rings (SSSR count). The first kappa shape index (κ1) is 14.0.